The first-order chi connectivity index (χ1) is 13.4. The zero-order valence-corrected chi connectivity index (χ0v) is 17.0. The summed E-state index contributed by atoms with van der Waals surface area (Å²) in [4.78, 5) is 28.1. The molecule has 1 aromatic carbocycles. The highest BCUT2D eigenvalue weighted by molar-refractivity contribution is 7.89. The van der Waals surface area contributed by atoms with Crippen LogP contribution in [-0.4, -0.2) is 73.1 Å². The third kappa shape index (κ3) is 3.98. The predicted molar refractivity (Wildman–Crippen MR) is 106 cm³/mol. The molecule has 2 fully saturated rings. The monoisotopic (exact) mass is 405 g/mol. The first-order valence-electron chi connectivity index (χ1n) is 9.68. The fourth-order valence-electron chi connectivity index (χ4n) is 3.81. The molecule has 0 aromatic heterocycles. The van der Waals surface area contributed by atoms with Gasteiger partial charge in [-0.15, -0.1) is 6.58 Å². The van der Waals surface area contributed by atoms with Crippen LogP contribution in [-0.2, 0) is 26.0 Å². The minimum atomic E-state index is -3.54. The number of carbonyl (C=O) groups is 2. The molecule has 28 heavy (non-hydrogen) atoms. The molecule has 0 spiro atoms. The standard InChI is InChI=1S/C20H27N3O4S/c1-3-11-21-14-15-23(20(25)19(21)24)17-9-12-22(13-10-17)28(26,27)18-7-5-16(4-2)6-8-18/h3,5-8,17H,1,4,9-15H2,2H3. The molecule has 2 aliphatic rings. The lowest BCUT2D eigenvalue weighted by atomic mass is 10.0. The number of aryl methyl sites for hydroxylation is 1. The fourth-order valence-corrected chi connectivity index (χ4v) is 5.28. The number of benzene rings is 1. The van der Waals surface area contributed by atoms with Crippen molar-refractivity contribution in [1.82, 2.24) is 14.1 Å². The van der Waals surface area contributed by atoms with Gasteiger partial charge in [0.25, 0.3) is 0 Å². The second-order valence-electron chi connectivity index (χ2n) is 7.17. The minimum Gasteiger partial charge on any atom is -0.330 e. The molecule has 0 aliphatic carbocycles. The first-order valence-corrected chi connectivity index (χ1v) is 11.1. The summed E-state index contributed by atoms with van der Waals surface area (Å²) in [5, 5.41) is 0. The van der Waals surface area contributed by atoms with Crippen LogP contribution in [0.3, 0.4) is 0 Å². The molecule has 2 heterocycles. The summed E-state index contributed by atoms with van der Waals surface area (Å²) in [7, 11) is -3.54. The van der Waals surface area contributed by atoms with Gasteiger partial charge in [-0.1, -0.05) is 25.1 Å². The van der Waals surface area contributed by atoms with E-state index in [9.17, 15) is 18.0 Å². The van der Waals surface area contributed by atoms with E-state index in [4.69, 9.17) is 0 Å². The van der Waals surface area contributed by atoms with Crippen molar-refractivity contribution in [3.63, 3.8) is 0 Å². The molecular formula is C20H27N3O4S. The maximum Gasteiger partial charge on any atom is 0.312 e. The third-order valence-corrected chi connectivity index (χ3v) is 7.44. The third-order valence-electron chi connectivity index (χ3n) is 5.52. The Bertz CT molecular complexity index is 843. The fraction of sp³-hybridized carbons (Fsp3) is 0.500. The number of sulfonamides is 1. The van der Waals surface area contributed by atoms with Crippen molar-refractivity contribution in [3.05, 3.63) is 42.5 Å². The molecule has 8 heteroatoms. The molecule has 3 rings (SSSR count). The van der Waals surface area contributed by atoms with Gasteiger partial charge < -0.3 is 9.80 Å². The molecule has 0 radical (unpaired) electrons. The molecule has 0 atom stereocenters. The number of amides is 2. The Morgan fingerprint density at radius 2 is 1.68 bits per heavy atom. The summed E-state index contributed by atoms with van der Waals surface area (Å²) < 4.78 is 27.2. The van der Waals surface area contributed by atoms with Gasteiger partial charge in [-0.05, 0) is 37.0 Å². The first kappa shape index (κ1) is 20.5. The molecule has 2 amide bonds. The summed E-state index contributed by atoms with van der Waals surface area (Å²) in [6.45, 7) is 7.65. The van der Waals surface area contributed by atoms with E-state index in [2.05, 4.69) is 6.58 Å². The maximum absolute atomic E-state index is 12.9. The average molecular weight is 406 g/mol. The Labute approximate surface area is 166 Å². The van der Waals surface area contributed by atoms with Gasteiger partial charge in [-0.25, -0.2) is 8.42 Å². The van der Waals surface area contributed by atoms with Crippen molar-refractivity contribution in [2.45, 2.75) is 37.1 Å². The van der Waals surface area contributed by atoms with Gasteiger partial charge in [0.05, 0.1) is 4.90 Å². The van der Waals surface area contributed by atoms with Crippen molar-refractivity contribution in [3.8, 4) is 0 Å². The zero-order valence-electron chi connectivity index (χ0n) is 16.2. The van der Waals surface area contributed by atoms with Crippen LogP contribution in [0.15, 0.2) is 41.8 Å². The zero-order chi connectivity index (χ0) is 20.3. The van der Waals surface area contributed by atoms with E-state index in [1.165, 1.54) is 9.21 Å². The lowest BCUT2D eigenvalue weighted by Gasteiger charge is -2.41. The van der Waals surface area contributed by atoms with Crippen LogP contribution in [0.2, 0.25) is 0 Å². The summed E-state index contributed by atoms with van der Waals surface area (Å²) >= 11 is 0. The maximum atomic E-state index is 12.9. The number of piperazine rings is 1. The molecular weight excluding hydrogens is 378 g/mol. The second kappa shape index (κ2) is 8.45. The molecule has 0 N–H and O–H groups in total. The van der Waals surface area contributed by atoms with Crippen LogP contribution in [0.5, 0.6) is 0 Å². The van der Waals surface area contributed by atoms with Crippen molar-refractivity contribution >= 4 is 21.8 Å². The molecule has 2 saturated heterocycles. The van der Waals surface area contributed by atoms with Crippen LogP contribution < -0.4 is 0 Å². The van der Waals surface area contributed by atoms with Gasteiger partial charge in [0, 0.05) is 38.8 Å². The van der Waals surface area contributed by atoms with Crippen molar-refractivity contribution in [2.24, 2.45) is 0 Å². The van der Waals surface area contributed by atoms with Gasteiger partial charge in [0.15, 0.2) is 0 Å². The molecule has 1 aromatic rings. The number of hydrogen-bond donors (Lipinski definition) is 0. The van der Waals surface area contributed by atoms with E-state index >= 15 is 0 Å². The average Bonchev–Trinajstić information content (AvgIpc) is 2.72. The molecule has 2 aliphatic heterocycles. The van der Waals surface area contributed by atoms with Crippen LogP contribution in [0.25, 0.3) is 0 Å². The Balaban J connectivity index is 1.63. The highest BCUT2D eigenvalue weighted by Crippen LogP contribution is 2.25. The predicted octanol–water partition coefficient (Wildman–Crippen LogP) is 1.26. The lowest BCUT2D eigenvalue weighted by Crippen LogP contribution is -2.59. The van der Waals surface area contributed by atoms with Crippen LogP contribution in [0, 0.1) is 0 Å². The van der Waals surface area contributed by atoms with Gasteiger partial charge in [0.2, 0.25) is 10.0 Å². The molecule has 0 saturated carbocycles. The van der Waals surface area contributed by atoms with Crippen molar-refractivity contribution < 1.29 is 18.0 Å². The Morgan fingerprint density at radius 3 is 2.25 bits per heavy atom. The Kier molecular flexibility index (Phi) is 6.20. The van der Waals surface area contributed by atoms with Crippen LogP contribution >= 0.6 is 0 Å². The highest BCUT2D eigenvalue weighted by atomic mass is 32.2. The number of hydrogen-bond acceptors (Lipinski definition) is 4. The summed E-state index contributed by atoms with van der Waals surface area (Å²) in [6.07, 6.45) is 3.54. The largest absolute Gasteiger partial charge is 0.330 e. The molecule has 0 unspecified atom stereocenters. The van der Waals surface area contributed by atoms with Gasteiger partial charge >= 0.3 is 11.8 Å². The lowest BCUT2D eigenvalue weighted by molar-refractivity contribution is -0.157. The normalized spacial score (nSPS) is 19.9. The van der Waals surface area contributed by atoms with Crippen molar-refractivity contribution in [2.75, 3.05) is 32.7 Å². The Hall–Kier alpha value is -2.19. The molecule has 7 nitrogen and oxygen atoms in total. The molecule has 0 bridgehead atoms. The quantitative estimate of drug-likeness (QED) is 0.527. The number of carbonyl (C=O) groups excluding carboxylic acids is 2. The topological polar surface area (TPSA) is 78.0 Å². The van der Waals surface area contributed by atoms with Gasteiger partial charge in [-0.2, -0.15) is 4.31 Å². The van der Waals surface area contributed by atoms with E-state index in [1.54, 1.807) is 23.1 Å². The van der Waals surface area contributed by atoms with Crippen molar-refractivity contribution in [1.29, 1.82) is 0 Å². The second-order valence-corrected chi connectivity index (χ2v) is 9.11. The van der Waals surface area contributed by atoms with Gasteiger partial charge in [-0.3, -0.25) is 9.59 Å². The van der Waals surface area contributed by atoms with Crippen LogP contribution in [0.1, 0.15) is 25.3 Å². The molecule has 152 valence electrons. The smallest absolute Gasteiger partial charge is 0.312 e. The van der Waals surface area contributed by atoms with E-state index in [0.717, 1.165) is 12.0 Å². The number of rotatable bonds is 6. The summed E-state index contributed by atoms with van der Waals surface area (Å²) in [5.41, 5.74) is 1.09. The van der Waals surface area contributed by atoms with E-state index in [0.29, 0.717) is 50.5 Å². The van der Waals surface area contributed by atoms with E-state index in [-0.39, 0.29) is 6.04 Å². The highest BCUT2D eigenvalue weighted by Gasteiger charge is 2.38. The number of piperidine rings is 1. The number of nitrogens with zero attached hydrogens (tertiary/aromatic N) is 3. The minimum absolute atomic E-state index is 0.101. The summed E-state index contributed by atoms with van der Waals surface area (Å²) in [6, 6.07) is 6.89. The SMILES string of the molecule is C=CCN1CCN(C2CCN(S(=O)(=O)c3ccc(CC)cc3)CC2)C(=O)C1=O. The van der Waals surface area contributed by atoms with E-state index < -0.39 is 21.8 Å². The van der Waals surface area contributed by atoms with Crippen LogP contribution in [0.4, 0.5) is 0 Å². The van der Waals surface area contributed by atoms with Gasteiger partial charge in [0.1, 0.15) is 0 Å². The summed E-state index contributed by atoms with van der Waals surface area (Å²) in [5.74, 6) is -0.998. The van der Waals surface area contributed by atoms with E-state index in [1.807, 2.05) is 19.1 Å². The Morgan fingerprint density at radius 1 is 1.04 bits per heavy atom.